The third-order valence-electron chi connectivity index (χ3n) is 5.42. The number of H-pyrrole nitrogens is 1. The van der Waals surface area contributed by atoms with Gasteiger partial charge in [0.1, 0.15) is 0 Å². The fourth-order valence-corrected chi connectivity index (χ4v) is 5.17. The van der Waals surface area contributed by atoms with Crippen molar-refractivity contribution in [1.29, 1.82) is 0 Å². The van der Waals surface area contributed by atoms with E-state index in [0.717, 1.165) is 12.1 Å². The maximum atomic E-state index is 13.5. The summed E-state index contributed by atoms with van der Waals surface area (Å²) in [7, 11) is -3.97. The Bertz CT molecular complexity index is 1140. The largest absolute Gasteiger partial charge is 0.462 e. The van der Waals surface area contributed by atoms with Crippen molar-refractivity contribution in [2.75, 3.05) is 39.3 Å². The summed E-state index contributed by atoms with van der Waals surface area (Å²) in [5.74, 6) is -3.06. The van der Waals surface area contributed by atoms with Crippen LogP contribution in [0.3, 0.4) is 0 Å². The zero-order chi connectivity index (χ0) is 23.6. The molecule has 1 aromatic heterocycles. The first-order chi connectivity index (χ1) is 15.1. The summed E-state index contributed by atoms with van der Waals surface area (Å²) in [5.41, 5.74) is 1.73. The number of hydrogen-bond donors (Lipinski definition) is 1. The number of piperazine rings is 1. The van der Waals surface area contributed by atoms with Gasteiger partial charge in [-0.15, -0.1) is 0 Å². The van der Waals surface area contributed by atoms with Gasteiger partial charge in [-0.3, -0.25) is 9.69 Å². The van der Waals surface area contributed by atoms with Crippen molar-refractivity contribution >= 4 is 21.8 Å². The number of aromatic nitrogens is 1. The standard InChI is InChI=1S/C21H25F2N3O5S/c1-4-31-21(28)19-13(2)20(24-14(19)3)18(27)12-25-7-9-26(10-8-25)32(29,30)15-5-6-16(22)17(23)11-15/h5-6,11,24H,4,7-10,12H2,1-3H3. The van der Waals surface area contributed by atoms with Crippen molar-refractivity contribution in [2.45, 2.75) is 25.7 Å². The second-order valence-corrected chi connectivity index (χ2v) is 9.46. The zero-order valence-electron chi connectivity index (χ0n) is 18.1. The number of aromatic amines is 1. The number of carbonyl (C=O) groups is 2. The van der Waals surface area contributed by atoms with Crippen LogP contribution < -0.4 is 0 Å². The number of nitrogens with one attached hydrogen (secondary N) is 1. The lowest BCUT2D eigenvalue weighted by Crippen LogP contribution is -2.49. The Labute approximate surface area is 185 Å². The minimum absolute atomic E-state index is 0.0438. The first kappa shape index (κ1) is 24.0. The maximum absolute atomic E-state index is 13.5. The minimum Gasteiger partial charge on any atom is -0.462 e. The molecule has 174 valence electrons. The van der Waals surface area contributed by atoms with E-state index < -0.39 is 27.6 Å². The molecular formula is C21H25F2N3O5S. The molecule has 1 aliphatic rings. The summed E-state index contributed by atoms with van der Waals surface area (Å²) in [6, 6.07) is 2.47. The fourth-order valence-electron chi connectivity index (χ4n) is 3.73. The van der Waals surface area contributed by atoms with Gasteiger partial charge in [0.2, 0.25) is 10.0 Å². The summed E-state index contributed by atoms with van der Waals surface area (Å²) in [4.78, 5) is 29.4. The van der Waals surface area contributed by atoms with Crippen LogP contribution in [0.15, 0.2) is 23.1 Å². The van der Waals surface area contributed by atoms with Crippen molar-refractivity contribution in [3.8, 4) is 0 Å². The molecule has 1 N–H and O–H groups in total. The highest BCUT2D eigenvalue weighted by atomic mass is 32.2. The molecule has 0 aliphatic carbocycles. The van der Waals surface area contributed by atoms with Gasteiger partial charge in [-0.2, -0.15) is 4.31 Å². The lowest BCUT2D eigenvalue weighted by atomic mass is 10.1. The third kappa shape index (κ3) is 4.74. The molecule has 1 saturated heterocycles. The van der Waals surface area contributed by atoms with Crippen LogP contribution in [0.1, 0.15) is 39.0 Å². The molecule has 2 heterocycles. The van der Waals surface area contributed by atoms with Crippen molar-refractivity contribution in [2.24, 2.45) is 0 Å². The third-order valence-corrected chi connectivity index (χ3v) is 7.32. The van der Waals surface area contributed by atoms with E-state index in [1.807, 2.05) is 0 Å². The number of Topliss-reactive ketones (excluding diaryl/α,β-unsaturated/α-hetero) is 1. The van der Waals surface area contributed by atoms with Gasteiger partial charge >= 0.3 is 5.97 Å². The van der Waals surface area contributed by atoms with Gasteiger partial charge < -0.3 is 9.72 Å². The van der Waals surface area contributed by atoms with Crippen LogP contribution in [-0.4, -0.2) is 73.7 Å². The lowest BCUT2D eigenvalue weighted by molar-refractivity contribution is 0.0525. The monoisotopic (exact) mass is 469 g/mol. The summed E-state index contributed by atoms with van der Waals surface area (Å²) >= 11 is 0. The Balaban J connectivity index is 1.65. The Kier molecular flexibility index (Phi) is 7.11. The fraction of sp³-hybridized carbons (Fsp3) is 0.429. The molecule has 1 fully saturated rings. The van der Waals surface area contributed by atoms with Crippen LogP contribution in [0.2, 0.25) is 0 Å². The van der Waals surface area contributed by atoms with E-state index in [9.17, 15) is 26.8 Å². The van der Waals surface area contributed by atoms with Crippen LogP contribution >= 0.6 is 0 Å². The van der Waals surface area contributed by atoms with Gasteiger partial charge in [0, 0.05) is 31.9 Å². The van der Waals surface area contributed by atoms with Gasteiger partial charge in [0.25, 0.3) is 0 Å². The second kappa shape index (κ2) is 9.47. The Morgan fingerprint density at radius 3 is 2.34 bits per heavy atom. The maximum Gasteiger partial charge on any atom is 0.340 e. The van der Waals surface area contributed by atoms with Gasteiger partial charge in [-0.05, 0) is 44.5 Å². The molecule has 2 aromatic rings. The van der Waals surface area contributed by atoms with E-state index in [-0.39, 0.29) is 50.0 Å². The van der Waals surface area contributed by atoms with E-state index in [1.165, 1.54) is 4.31 Å². The number of halogens is 2. The Morgan fingerprint density at radius 2 is 1.75 bits per heavy atom. The Hall–Kier alpha value is -2.63. The summed E-state index contributed by atoms with van der Waals surface area (Å²) in [6.07, 6.45) is 0. The van der Waals surface area contributed by atoms with Gasteiger partial charge in [0.15, 0.2) is 17.4 Å². The van der Waals surface area contributed by atoms with Crippen LogP contribution in [0.5, 0.6) is 0 Å². The number of carbonyl (C=O) groups excluding carboxylic acids is 2. The van der Waals surface area contributed by atoms with E-state index in [1.54, 1.807) is 25.7 Å². The molecule has 8 nitrogen and oxygen atoms in total. The lowest BCUT2D eigenvalue weighted by Gasteiger charge is -2.33. The normalized spacial score (nSPS) is 15.7. The highest BCUT2D eigenvalue weighted by Crippen LogP contribution is 2.22. The zero-order valence-corrected chi connectivity index (χ0v) is 18.9. The SMILES string of the molecule is CCOC(=O)c1c(C)[nH]c(C(=O)CN2CCN(S(=O)(=O)c3ccc(F)c(F)c3)CC2)c1C. The molecule has 0 unspecified atom stereocenters. The number of esters is 1. The number of nitrogens with zero attached hydrogens (tertiary/aromatic N) is 2. The van der Waals surface area contributed by atoms with Crippen LogP contribution in [0.25, 0.3) is 0 Å². The predicted molar refractivity (Wildman–Crippen MR) is 112 cm³/mol. The Morgan fingerprint density at radius 1 is 1.09 bits per heavy atom. The van der Waals surface area contributed by atoms with E-state index >= 15 is 0 Å². The molecule has 0 bridgehead atoms. The summed E-state index contributed by atoms with van der Waals surface area (Å²) < 4.78 is 58.2. The number of ketones is 1. The van der Waals surface area contributed by atoms with Crippen molar-refractivity contribution in [3.05, 3.63) is 52.3 Å². The molecule has 0 spiro atoms. The van der Waals surface area contributed by atoms with Crippen molar-refractivity contribution in [1.82, 2.24) is 14.2 Å². The van der Waals surface area contributed by atoms with Crippen LogP contribution in [-0.2, 0) is 14.8 Å². The predicted octanol–water partition coefficient (Wildman–Crippen LogP) is 2.28. The smallest absolute Gasteiger partial charge is 0.340 e. The number of sulfonamides is 1. The highest BCUT2D eigenvalue weighted by molar-refractivity contribution is 7.89. The molecule has 3 rings (SSSR count). The highest BCUT2D eigenvalue weighted by Gasteiger charge is 2.31. The van der Waals surface area contributed by atoms with Gasteiger partial charge in [-0.25, -0.2) is 22.0 Å². The molecule has 0 amide bonds. The summed E-state index contributed by atoms with van der Waals surface area (Å²) in [5, 5.41) is 0. The molecule has 0 atom stereocenters. The number of aryl methyl sites for hydroxylation is 1. The first-order valence-corrected chi connectivity index (χ1v) is 11.6. The molecular weight excluding hydrogens is 444 g/mol. The minimum atomic E-state index is -3.97. The number of hydrogen-bond acceptors (Lipinski definition) is 6. The molecule has 11 heteroatoms. The van der Waals surface area contributed by atoms with E-state index in [4.69, 9.17) is 4.74 Å². The average molecular weight is 470 g/mol. The topological polar surface area (TPSA) is 99.8 Å². The van der Waals surface area contributed by atoms with Crippen molar-refractivity contribution in [3.63, 3.8) is 0 Å². The molecule has 32 heavy (non-hydrogen) atoms. The van der Waals surface area contributed by atoms with Gasteiger partial charge in [-0.1, -0.05) is 0 Å². The number of rotatable bonds is 7. The van der Waals surface area contributed by atoms with Crippen molar-refractivity contribution < 1.29 is 31.5 Å². The molecule has 1 aromatic carbocycles. The van der Waals surface area contributed by atoms with E-state index in [0.29, 0.717) is 28.6 Å². The number of benzene rings is 1. The second-order valence-electron chi connectivity index (χ2n) is 7.52. The molecule has 0 saturated carbocycles. The number of ether oxygens (including phenoxy) is 1. The average Bonchev–Trinajstić information content (AvgIpc) is 3.04. The van der Waals surface area contributed by atoms with E-state index in [2.05, 4.69) is 4.98 Å². The van der Waals surface area contributed by atoms with Gasteiger partial charge in [0.05, 0.1) is 29.3 Å². The first-order valence-electron chi connectivity index (χ1n) is 10.1. The van der Waals surface area contributed by atoms with Crippen LogP contribution in [0, 0.1) is 25.5 Å². The van der Waals surface area contributed by atoms with Crippen LogP contribution in [0.4, 0.5) is 8.78 Å². The molecule has 1 aliphatic heterocycles. The summed E-state index contributed by atoms with van der Waals surface area (Å²) in [6.45, 7) is 6.13. The quantitative estimate of drug-likeness (QED) is 0.493. The molecule has 0 radical (unpaired) electrons.